The quantitative estimate of drug-likeness (QED) is 0.638. The number of halogens is 1. The van der Waals surface area contributed by atoms with E-state index in [0.29, 0.717) is 43.4 Å². The maximum absolute atomic E-state index is 13.7. The summed E-state index contributed by atoms with van der Waals surface area (Å²) in [5.41, 5.74) is 8.96. The lowest BCUT2D eigenvalue weighted by molar-refractivity contribution is 0.0859. The molecular weight excluding hydrogens is 353 g/mol. The van der Waals surface area contributed by atoms with E-state index in [-0.39, 0.29) is 17.8 Å². The minimum absolute atomic E-state index is 0.239. The molecule has 1 aliphatic heterocycles. The zero-order valence-corrected chi connectivity index (χ0v) is 14.5. The molecule has 2 atom stereocenters. The first-order valence-electron chi connectivity index (χ1n) is 8.87. The molecule has 0 saturated carbocycles. The number of nitrogens with one attached hydrogen (secondary N) is 2. The monoisotopic (exact) mass is 373 g/mol. The van der Waals surface area contributed by atoms with Crippen molar-refractivity contribution < 1.29 is 19.1 Å². The predicted octanol–water partition coefficient (Wildman–Crippen LogP) is 1.97. The van der Waals surface area contributed by atoms with Gasteiger partial charge in [-0.1, -0.05) is 0 Å². The summed E-state index contributed by atoms with van der Waals surface area (Å²) in [7, 11) is 0. The van der Waals surface area contributed by atoms with Crippen molar-refractivity contribution in [3.63, 3.8) is 0 Å². The highest BCUT2D eigenvalue weighted by atomic mass is 19.1. The molecular formula is C18H20FN5O3. The summed E-state index contributed by atoms with van der Waals surface area (Å²) >= 11 is 0. The number of rotatable bonds is 2. The van der Waals surface area contributed by atoms with E-state index in [1.54, 1.807) is 6.07 Å². The Labute approximate surface area is 154 Å². The largest absolute Gasteiger partial charge is 0.465 e. The second kappa shape index (κ2) is 6.57. The topological polar surface area (TPSA) is 122 Å². The van der Waals surface area contributed by atoms with Crippen molar-refractivity contribution in [2.75, 3.05) is 17.6 Å². The SMILES string of the molecule is Nc1c2c(nn1C(=O)C1CCNc3ccc(F)cc31)CC[C@@H](NC(=O)O)C2. The van der Waals surface area contributed by atoms with Gasteiger partial charge in [0.2, 0.25) is 0 Å². The fraction of sp³-hybridized carbons (Fsp3) is 0.389. The van der Waals surface area contributed by atoms with E-state index in [9.17, 15) is 14.0 Å². The lowest BCUT2D eigenvalue weighted by Crippen LogP contribution is -2.37. The molecule has 1 unspecified atom stereocenters. The van der Waals surface area contributed by atoms with Gasteiger partial charge in [0.1, 0.15) is 11.6 Å². The molecule has 8 nitrogen and oxygen atoms in total. The number of nitrogen functional groups attached to an aromatic ring is 1. The van der Waals surface area contributed by atoms with Crippen LogP contribution in [0.25, 0.3) is 0 Å². The fourth-order valence-corrected chi connectivity index (χ4v) is 3.95. The number of carbonyl (C=O) groups is 2. The first kappa shape index (κ1) is 17.3. The van der Waals surface area contributed by atoms with Crippen LogP contribution in [0.2, 0.25) is 0 Å². The lowest BCUT2D eigenvalue weighted by atomic mass is 9.90. The normalized spacial score (nSPS) is 20.9. The Morgan fingerprint density at radius 1 is 1.37 bits per heavy atom. The fourth-order valence-electron chi connectivity index (χ4n) is 3.95. The van der Waals surface area contributed by atoms with E-state index >= 15 is 0 Å². The van der Waals surface area contributed by atoms with Crippen LogP contribution in [0, 0.1) is 5.82 Å². The summed E-state index contributed by atoms with van der Waals surface area (Å²) in [6.07, 6.45) is 0.979. The number of carboxylic acid groups (broad SMARTS) is 1. The van der Waals surface area contributed by atoms with E-state index < -0.39 is 17.8 Å². The summed E-state index contributed by atoms with van der Waals surface area (Å²) in [5, 5.41) is 18.9. The Hall–Kier alpha value is -3.10. The maximum atomic E-state index is 13.7. The van der Waals surface area contributed by atoms with E-state index in [4.69, 9.17) is 10.8 Å². The summed E-state index contributed by atoms with van der Waals surface area (Å²) in [4.78, 5) is 24.0. The van der Waals surface area contributed by atoms with Crippen LogP contribution in [-0.4, -0.2) is 39.5 Å². The molecule has 9 heteroatoms. The average molecular weight is 373 g/mol. The van der Waals surface area contributed by atoms with Gasteiger partial charge in [-0.05, 0) is 49.4 Å². The van der Waals surface area contributed by atoms with Crippen LogP contribution >= 0.6 is 0 Å². The van der Waals surface area contributed by atoms with Crippen molar-refractivity contribution in [2.24, 2.45) is 0 Å². The van der Waals surface area contributed by atoms with Gasteiger partial charge in [-0.25, -0.2) is 9.18 Å². The van der Waals surface area contributed by atoms with Crippen molar-refractivity contribution in [1.29, 1.82) is 0 Å². The molecule has 142 valence electrons. The molecule has 1 aromatic carbocycles. The van der Waals surface area contributed by atoms with Crippen molar-refractivity contribution in [1.82, 2.24) is 15.1 Å². The Morgan fingerprint density at radius 3 is 2.96 bits per heavy atom. The Bertz CT molecular complexity index is 926. The van der Waals surface area contributed by atoms with Gasteiger partial charge in [0.25, 0.3) is 5.91 Å². The molecule has 2 aromatic rings. The van der Waals surface area contributed by atoms with Gasteiger partial charge in [0.05, 0.1) is 11.6 Å². The van der Waals surface area contributed by atoms with Crippen molar-refractivity contribution >= 4 is 23.5 Å². The van der Waals surface area contributed by atoms with Crippen molar-refractivity contribution in [2.45, 2.75) is 37.6 Å². The summed E-state index contributed by atoms with van der Waals surface area (Å²) < 4.78 is 14.9. The number of carbonyl (C=O) groups excluding carboxylic acids is 1. The predicted molar refractivity (Wildman–Crippen MR) is 96.5 cm³/mol. The maximum Gasteiger partial charge on any atom is 0.404 e. The van der Waals surface area contributed by atoms with Crippen LogP contribution in [0.15, 0.2) is 18.2 Å². The number of amides is 1. The van der Waals surface area contributed by atoms with Crippen LogP contribution in [0.1, 0.15) is 40.4 Å². The standard InChI is InChI=1S/C18H20FN5O3/c19-9-1-3-14-12(7-9)11(5-6-21-14)17(25)24-16(20)13-8-10(22-18(26)27)2-4-15(13)23-24/h1,3,7,10-11,21-22H,2,4-6,8,20H2,(H,26,27)/t10-,11?/m1/s1. The first-order chi connectivity index (χ1) is 12.9. The number of fused-ring (bicyclic) bond motifs is 2. The van der Waals surface area contributed by atoms with Crippen LogP contribution in [0.4, 0.5) is 20.7 Å². The van der Waals surface area contributed by atoms with Crippen molar-refractivity contribution in [3.05, 3.63) is 40.8 Å². The molecule has 0 spiro atoms. The third-order valence-corrected chi connectivity index (χ3v) is 5.26. The second-order valence-electron chi connectivity index (χ2n) is 6.95. The number of nitrogens with two attached hydrogens (primary N) is 1. The minimum Gasteiger partial charge on any atom is -0.465 e. The highest BCUT2D eigenvalue weighted by Gasteiger charge is 2.33. The van der Waals surface area contributed by atoms with Gasteiger partial charge < -0.3 is 21.5 Å². The molecule has 0 fully saturated rings. The molecule has 0 radical (unpaired) electrons. The Kier molecular flexibility index (Phi) is 4.21. The van der Waals surface area contributed by atoms with E-state index in [1.165, 1.54) is 16.8 Å². The Balaban J connectivity index is 1.64. The molecule has 1 aromatic heterocycles. The average Bonchev–Trinajstić information content (AvgIpc) is 2.96. The van der Waals surface area contributed by atoms with Crippen molar-refractivity contribution in [3.8, 4) is 0 Å². The van der Waals surface area contributed by atoms with Crippen LogP contribution in [0.3, 0.4) is 0 Å². The zero-order valence-electron chi connectivity index (χ0n) is 14.5. The third kappa shape index (κ3) is 3.09. The lowest BCUT2D eigenvalue weighted by Gasteiger charge is -2.25. The molecule has 1 aliphatic carbocycles. The summed E-state index contributed by atoms with van der Waals surface area (Å²) in [6, 6.07) is 4.11. The highest BCUT2D eigenvalue weighted by molar-refractivity contribution is 5.90. The van der Waals surface area contributed by atoms with E-state index in [2.05, 4.69) is 15.7 Å². The number of benzene rings is 1. The third-order valence-electron chi connectivity index (χ3n) is 5.26. The summed E-state index contributed by atoms with van der Waals surface area (Å²) in [5.74, 6) is -0.986. The molecule has 27 heavy (non-hydrogen) atoms. The number of aryl methyl sites for hydroxylation is 1. The molecule has 2 heterocycles. The second-order valence-corrected chi connectivity index (χ2v) is 6.95. The molecule has 2 aliphatic rings. The van der Waals surface area contributed by atoms with Gasteiger partial charge in [0, 0.05) is 23.8 Å². The van der Waals surface area contributed by atoms with Crippen LogP contribution in [-0.2, 0) is 12.8 Å². The number of hydrogen-bond donors (Lipinski definition) is 4. The number of hydrogen-bond acceptors (Lipinski definition) is 5. The highest BCUT2D eigenvalue weighted by Crippen LogP contribution is 2.35. The molecule has 5 N–H and O–H groups in total. The summed E-state index contributed by atoms with van der Waals surface area (Å²) in [6.45, 7) is 0.598. The van der Waals surface area contributed by atoms with Crippen LogP contribution in [0.5, 0.6) is 0 Å². The zero-order chi connectivity index (χ0) is 19.1. The Morgan fingerprint density at radius 2 is 2.19 bits per heavy atom. The smallest absolute Gasteiger partial charge is 0.404 e. The molecule has 0 bridgehead atoms. The number of aromatic nitrogens is 2. The molecule has 1 amide bonds. The number of nitrogens with zero attached hydrogens (tertiary/aromatic N) is 2. The minimum atomic E-state index is -1.08. The molecule has 4 rings (SSSR count). The van der Waals surface area contributed by atoms with Gasteiger partial charge >= 0.3 is 6.09 Å². The number of anilines is 2. The van der Waals surface area contributed by atoms with Gasteiger partial charge in [-0.15, -0.1) is 0 Å². The van der Waals surface area contributed by atoms with E-state index in [1.807, 2.05) is 0 Å². The van der Waals surface area contributed by atoms with E-state index in [0.717, 1.165) is 11.4 Å². The van der Waals surface area contributed by atoms with Gasteiger partial charge in [0.15, 0.2) is 0 Å². The molecule has 0 saturated heterocycles. The van der Waals surface area contributed by atoms with Gasteiger partial charge in [-0.2, -0.15) is 9.78 Å². The van der Waals surface area contributed by atoms with Gasteiger partial charge in [-0.3, -0.25) is 4.79 Å². The van der Waals surface area contributed by atoms with Crippen LogP contribution < -0.4 is 16.4 Å². The first-order valence-corrected chi connectivity index (χ1v) is 8.87.